The minimum Gasteiger partial charge on any atom is -0.482 e. The van der Waals surface area contributed by atoms with Gasteiger partial charge in [0.05, 0.1) is 12.1 Å². The van der Waals surface area contributed by atoms with E-state index in [9.17, 15) is 14.4 Å². The van der Waals surface area contributed by atoms with E-state index in [1.54, 1.807) is 19.1 Å². The standard InChI is InChI=1S/C13H13NO4/c1-2-9(15)6-11(16)8-3-4-12-10(5-8)14-13(17)7-18-12/h3-5H,2,6-7H2,1H3,(H,14,17). The Bertz CT molecular complexity index is 522. The van der Waals surface area contributed by atoms with Crippen molar-refractivity contribution in [2.45, 2.75) is 19.8 Å². The molecule has 0 aromatic heterocycles. The summed E-state index contributed by atoms with van der Waals surface area (Å²) in [5, 5.41) is 2.62. The largest absolute Gasteiger partial charge is 0.482 e. The minimum atomic E-state index is -0.253. The third-order valence-corrected chi connectivity index (χ3v) is 2.69. The summed E-state index contributed by atoms with van der Waals surface area (Å²) in [5.41, 5.74) is 0.877. The van der Waals surface area contributed by atoms with Gasteiger partial charge in [0.25, 0.3) is 5.91 Å². The number of nitrogens with one attached hydrogen (secondary N) is 1. The first-order valence-electron chi connectivity index (χ1n) is 5.71. The maximum atomic E-state index is 11.8. The first-order valence-corrected chi connectivity index (χ1v) is 5.71. The van der Waals surface area contributed by atoms with Crippen molar-refractivity contribution in [2.24, 2.45) is 0 Å². The molecule has 1 aliphatic heterocycles. The quantitative estimate of drug-likeness (QED) is 0.647. The number of hydrogen-bond donors (Lipinski definition) is 1. The molecule has 0 saturated carbocycles. The molecule has 1 amide bonds. The van der Waals surface area contributed by atoms with Gasteiger partial charge in [-0.1, -0.05) is 6.92 Å². The molecule has 1 aromatic carbocycles. The van der Waals surface area contributed by atoms with Crippen LogP contribution in [0.2, 0.25) is 0 Å². The summed E-state index contributed by atoms with van der Waals surface area (Å²) in [6.07, 6.45) is 0.237. The van der Waals surface area contributed by atoms with Crippen molar-refractivity contribution in [1.82, 2.24) is 0 Å². The van der Waals surface area contributed by atoms with Crippen LogP contribution >= 0.6 is 0 Å². The zero-order valence-electron chi connectivity index (χ0n) is 9.99. The van der Waals surface area contributed by atoms with E-state index in [1.165, 1.54) is 6.07 Å². The second kappa shape index (κ2) is 5.00. The monoisotopic (exact) mass is 247 g/mol. The van der Waals surface area contributed by atoms with Crippen LogP contribution in [0.25, 0.3) is 0 Å². The van der Waals surface area contributed by atoms with Crippen LogP contribution in [0.5, 0.6) is 5.75 Å². The molecule has 0 saturated heterocycles. The minimum absolute atomic E-state index is 0.0192. The molecule has 5 nitrogen and oxygen atoms in total. The highest BCUT2D eigenvalue weighted by Crippen LogP contribution is 2.28. The lowest BCUT2D eigenvalue weighted by molar-refractivity contribution is -0.119. The van der Waals surface area contributed by atoms with Crippen LogP contribution in [-0.2, 0) is 9.59 Å². The summed E-state index contributed by atoms with van der Waals surface area (Å²) in [5.74, 6) is -0.0628. The van der Waals surface area contributed by atoms with Crippen molar-refractivity contribution in [3.05, 3.63) is 23.8 Å². The molecule has 1 heterocycles. The number of carbonyl (C=O) groups excluding carboxylic acids is 3. The van der Waals surface area contributed by atoms with Crippen molar-refractivity contribution in [3.8, 4) is 5.75 Å². The fraction of sp³-hybridized carbons (Fsp3) is 0.308. The number of hydrogen-bond acceptors (Lipinski definition) is 4. The predicted molar refractivity (Wildman–Crippen MR) is 64.8 cm³/mol. The molecule has 2 rings (SSSR count). The van der Waals surface area contributed by atoms with Crippen LogP contribution in [0, 0.1) is 0 Å². The fourth-order valence-electron chi connectivity index (χ4n) is 1.66. The molecule has 94 valence electrons. The summed E-state index contributed by atoms with van der Waals surface area (Å²) >= 11 is 0. The first kappa shape index (κ1) is 12.3. The van der Waals surface area contributed by atoms with E-state index < -0.39 is 0 Å². The van der Waals surface area contributed by atoms with Crippen LogP contribution < -0.4 is 10.1 Å². The summed E-state index contributed by atoms with van der Waals surface area (Å²) in [6.45, 7) is 1.70. The number of carbonyl (C=O) groups is 3. The van der Waals surface area contributed by atoms with Crippen molar-refractivity contribution >= 4 is 23.2 Å². The van der Waals surface area contributed by atoms with Crippen LogP contribution in [-0.4, -0.2) is 24.1 Å². The average molecular weight is 247 g/mol. The van der Waals surface area contributed by atoms with Crippen LogP contribution in [0.15, 0.2) is 18.2 Å². The predicted octanol–water partition coefficient (Wildman–Crippen LogP) is 1.57. The van der Waals surface area contributed by atoms with Crippen LogP contribution in [0.3, 0.4) is 0 Å². The lowest BCUT2D eigenvalue weighted by Crippen LogP contribution is -2.25. The molecule has 0 radical (unpaired) electrons. The van der Waals surface area contributed by atoms with Gasteiger partial charge in [0, 0.05) is 12.0 Å². The Hall–Kier alpha value is -2.17. The molecule has 0 spiro atoms. The third-order valence-electron chi connectivity index (χ3n) is 2.69. The van der Waals surface area contributed by atoms with Gasteiger partial charge in [-0.3, -0.25) is 14.4 Å². The van der Waals surface area contributed by atoms with E-state index >= 15 is 0 Å². The molecule has 5 heteroatoms. The van der Waals surface area contributed by atoms with Gasteiger partial charge < -0.3 is 10.1 Å². The van der Waals surface area contributed by atoms with E-state index in [-0.39, 0.29) is 30.5 Å². The number of ketones is 2. The maximum Gasteiger partial charge on any atom is 0.262 e. The van der Waals surface area contributed by atoms with E-state index in [0.29, 0.717) is 23.4 Å². The highest BCUT2D eigenvalue weighted by atomic mass is 16.5. The van der Waals surface area contributed by atoms with Gasteiger partial charge in [-0.05, 0) is 18.2 Å². The Labute approximate surface area is 104 Å². The first-order chi connectivity index (χ1) is 8.60. The van der Waals surface area contributed by atoms with Crippen molar-refractivity contribution in [1.29, 1.82) is 0 Å². The number of rotatable bonds is 4. The van der Waals surface area contributed by atoms with Gasteiger partial charge in [-0.15, -0.1) is 0 Å². The van der Waals surface area contributed by atoms with Gasteiger partial charge in [-0.2, -0.15) is 0 Å². The smallest absolute Gasteiger partial charge is 0.262 e. The maximum absolute atomic E-state index is 11.8. The highest BCUT2D eigenvalue weighted by Gasteiger charge is 2.18. The van der Waals surface area contributed by atoms with E-state index in [4.69, 9.17) is 4.74 Å². The lowest BCUT2D eigenvalue weighted by Gasteiger charge is -2.18. The molecule has 18 heavy (non-hydrogen) atoms. The molecular weight excluding hydrogens is 234 g/mol. The van der Waals surface area contributed by atoms with Gasteiger partial charge >= 0.3 is 0 Å². The Morgan fingerprint density at radius 2 is 2.17 bits per heavy atom. The third kappa shape index (κ3) is 2.56. The molecule has 0 fully saturated rings. The lowest BCUT2D eigenvalue weighted by atomic mass is 10.0. The van der Waals surface area contributed by atoms with E-state index in [1.807, 2.05) is 0 Å². The zero-order chi connectivity index (χ0) is 13.1. The topological polar surface area (TPSA) is 72.5 Å². The Balaban J connectivity index is 2.20. The summed E-state index contributed by atoms with van der Waals surface area (Å²) in [4.78, 5) is 34.2. The number of Topliss-reactive ketones (excluding diaryl/α,β-unsaturated/α-hetero) is 2. The zero-order valence-corrected chi connectivity index (χ0v) is 9.99. The molecule has 0 aliphatic carbocycles. The SMILES string of the molecule is CCC(=O)CC(=O)c1ccc2c(c1)NC(=O)CO2. The number of benzene rings is 1. The van der Waals surface area contributed by atoms with Crippen molar-refractivity contribution in [2.75, 3.05) is 11.9 Å². The number of anilines is 1. The number of amides is 1. The normalized spacial score (nSPS) is 13.3. The van der Waals surface area contributed by atoms with E-state index in [0.717, 1.165) is 0 Å². The highest BCUT2D eigenvalue weighted by molar-refractivity contribution is 6.09. The molecule has 0 atom stereocenters. The van der Waals surface area contributed by atoms with Crippen molar-refractivity contribution in [3.63, 3.8) is 0 Å². The number of ether oxygens (including phenoxy) is 1. The Kier molecular flexibility index (Phi) is 3.41. The molecule has 0 bridgehead atoms. The van der Waals surface area contributed by atoms with Gasteiger partial charge in [0.2, 0.25) is 0 Å². The molecule has 0 unspecified atom stereocenters. The second-order valence-electron chi connectivity index (χ2n) is 4.04. The van der Waals surface area contributed by atoms with Gasteiger partial charge in [0.1, 0.15) is 11.5 Å². The van der Waals surface area contributed by atoms with Gasteiger partial charge in [0.15, 0.2) is 12.4 Å². The Morgan fingerprint density at radius 3 is 2.89 bits per heavy atom. The average Bonchev–Trinajstić information content (AvgIpc) is 2.37. The van der Waals surface area contributed by atoms with Gasteiger partial charge in [-0.25, -0.2) is 0 Å². The number of fused-ring (bicyclic) bond motifs is 1. The van der Waals surface area contributed by atoms with Crippen LogP contribution in [0.4, 0.5) is 5.69 Å². The van der Waals surface area contributed by atoms with Crippen molar-refractivity contribution < 1.29 is 19.1 Å². The summed E-state index contributed by atoms with van der Waals surface area (Å²) in [6, 6.07) is 4.76. The molecular formula is C13H13NO4. The Morgan fingerprint density at radius 1 is 1.39 bits per heavy atom. The summed E-state index contributed by atoms with van der Waals surface area (Å²) in [7, 11) is 0. The second-order valence-corrected chi connectivity index (χ2v) is 4.04. The van der Waals surface area contributed by atoms with E-state index in [2.05, 4.69) is 5.32 Å². The molecule has 1 aliphatic rings. The van der Waals surface area contributed by atoms with Crippen LogP contribution in [0.1, 0.15) is 30.1 Å². The summed E-state index contributed by atoms with van der Waals surface area (Å²) < 4.78 is 5.18. The molecule has 1 N–H and O–H groups in total. The fourth-order valence-corrected chi connectivity index (χ4v) is 1.66. The molecule has 1 aromatic rings.